The molecule has 4 aromatic rings. The highest BCUT2D eigenvalue weighted by molar-refractivity contribution is 7.98. The quantitative estimate of drug-likeness (QED) is 0.308. The van der Waals surface area contributed by atoms with Crippen molar-refractivity contribution in [2.75, 3.05) is 18.9 Å². The maximum absolute atomic E-state index is 14.6. The van der Waals surface area contributed by atoms with E-state index in [-0.39, 0.29) is 63.6 Å². The minimum atomic E-state index is -0.727. The van der Waals surface area contributed by atoms with Gasteiger partial charge in [-0.25, -0.2) is 18.7 Å². The maximum atomic E-state index is 14.6. The van der Waals surface area contributed by atoms with Gasteiger partial charge in [-0.1, -0.05) is 17.8 Å². The lowest BCUT2D eigenvalue weighted by Crippen LogP contribution is -2.05. The highest BCUT2D eigenvalue weighted by Gasteiger charge is 2.22. The number of aliphatic hydroxyl groups is 1. The van der Waals surface area contributed by atoms with Gasteiger partial charge in [-0.3, -0.25) is 0 Å². The predicted octanol–water partition coefficient (Wildman–Crippen LogP) is 4.98. The molecule has 37 heavy (non-hydrogen) atoms. The van der Waals surface area contributed by atoms with Crippen LogP contribution in [-0.2, 0) is 5.75 Å². The van der Waals surface area contributed by atoms with Gasteiger partial charge in [0.05, 0.1) is 17.9 Å². The largest absolute Gasteiger partial charge is 0.488 e. The number of oxazole rings is 1. The molecule has 2 aromatic heterocycles. The van der Waals surface area contributed by atoms with Crippen LogP contribution in [0.15, 0.2) is 51.9 Å². The normalized spacial score (nSPS) is 10.6. The molecule has 0 radical (unpaired) electrons. The van der Waals surface area contributed by atoms with Crippen LogP contribution in [0, 0.1) is 41.2 Å². The summed E-state index contributed by atoms with van der Waals surface area (Å²) in [6, 6.07) is 13.7. The highest BCUT2D eigenvalue weighted by atomic mass is 32.2. The second-order valence-electron chi connectivity index (χ2n) is 7.69. The molecule has 3 N–H and O–H groups in total. The fourth-order valence-corrected chi connectivity index (χ4v) is 4.53. The summed E-state index contributed by atoms with van der Waals surface area (Å²) in [5, 5.41) is 28.8. The summed E-state index contributed by atoms with van der Waals surface area (Å²) < 4.78 is 38.8. The lowest BCUT2D eigenvalue weighted by atomic mass is 9.96. The Bertz CT molecular complexity index is 1540. The molecule has 4 rings (SSSR count). The van der Waals surface area contributed by atoms with Crippen molar-refractivity contribution in [3.05, 3.63) is 76.7 Å². The summed E-state index contributed by atoms with van der Waals surface area (Å²) in [7, 11) is 0. The number of hydrogen-bond acceptors (Lipinski definition) is 9. The number of hydrogen-bond donors (Lipinski definition) is 2. The van der Waals surface area contributed by atoms with Gasteiger partial charge in [0.15, 0.2) is 11.6 Å². The monoisotopic (exact) mass is 519 g/mol. The van der Waals surface area contributed by atoms with Gasteiger partial charge in [-0.05, 0) is 48.9 Å². The second kappa shape index (κ2) is 11.1. The number of pyridine rings is 1. The van der Waals surface area contributed by atoms with Crippen LogP contribution in [0.1, 0.15) is 22.6 Å². The van der Waals surface area contributed by atoms with Gasteiger partial charge in [0.25, 0.3) is 0 Å². The van der Waals surface area contributed by atoms with Gasteiger partial charge in [-0.2, -0.15) is 10.5 Å². The molecule has 0 atom stereocenters. The Morgan fingerprint density at radius 3 is 2.41 bits per heavy atom. The van der Waals surface area contributed by atoms with E-state index in [2.05, 4.69) is 16.0 Å². The Morgan fingerprint density at radius 2 is 1.76 bits per heavy atom. The van der Waals surface area contributed by atoms with Crippen molar-refractivity contribution < 1.29 is 23.0 Å². The van der Waals surface area contributed by atoms with Crippen LogP contribution in [0.2, 0.25) is 0 Å². The van der Waals surface area contributed by atoms with E-state index in [9.17, 15) is 19.3 Å². The van der Waals surface area contributed by atoms with Crippen molar-refractivity contribution in [3.63, 3.8) is 0 Å². The Morgan fingerprint density at radius 1 is 1.05 bits per heavy atom. The summed E-state index contributed by atoms with van der Waals surface area (Å²) in [6.45, 7) is 1.36. The minimum absolute atomic E-state index is 0.0547. The number of rotatable bonds is 8. The fraction of sp³-hybridized carbons (Fsp3) is 0.154. The van der Waals surface area contributed by atoms with Crippen molar-refractivity contribution in [2.45, 2.75) is 17.7 Å². The first-order valence-electron chi connectivity index (χ1n) is 10.9. The summed E-state index contributed by atoms with van der Waals surface area (Å²) in [5.74, 6) is -0.179. The molecular formula is C26H19F2N5O3S. The van der Waals surface area contributed by atoms with E-state index in [0.29, 0.717) is 22.9 Å². The number of nitriles is 2. The number of nitrogens with two attached hydrogens (primary N) is 1. The molecule has 11 heteroatoms. The molecule has 0 bridgehead atoms. The van der Waals surface area contributed by atoms with Gasteiger partial charge in [0.2, 0.25) is 5.89 Å². The molecule has 0 unspecified atom stereocenters. The van der Waals surface area contributed by atoms with Crippen molar-refractivity contribution in [1.29, 1.82) is 10.5 Å². The molecule has 0 aliphatic rings. The molecule has 0 saturated heterocycles. The topological polar surface area (TPSA) is 142 Å². The third kappa shape index (κ3) is 5.38. The Kier molecular flexibility index (Phi) is 7.68. The van der Waals surface area contributed by atoms with Crippen LogP contribution in [0.3, 0.4) is 0 Å². The Balaban J connectivity index is 1.69. The van der Waals surface area contributed by atoms with E-state index in [1.165, 1.54) is 24.3 Å². The average molecular weight is 520 g/mol. The van der Waals surface area contributed by atoms with E-state index in [4.69, 9.17) is 20.0 Å². The molecule has 0 saturated carbocycles. The number of aliphatic hydroxyl groups excluding tert-OH is 1. The first-order valence-corrected chi connectivity index (χ1v) is 11.9. The van der Waals surface area contributed by atoms with E-state index in [1.807, 2.05) is 6.07 Å². The molecule has 0 fully saturated rings. The van der Waals surface area contributed by atoms with Gasteiger partial charge in [0, 0.05) is 16.9 Å². The summed E-state index contributed by atoms with van der Waals surface area (Å²) >= 11 is 1.16. The minimum Gasteiger partial charge on any atom is -0.488 e. The number of aryl methyl sites for hydroxylation is 1. The lowest BCUT2D eigenvalue weighted by molar-refractivity contribution is 0.196. The van der Waals surface area contributed by atoms with Crippen LogP contribution in [0.25, 0.3) is 22.6 Å². The number of nitrogens with zero attached hydrogens (tertiary/aromatic N) is 4. The van der Waals surface area contributed by atoms with Gasteiger partial charge < -0.3 is 20.0 Å². The number of anilines is 1. The number of thioether (sulfide) groups is 1. The molecule has 0 aliphatic carbocycles. The molecule has 2 aromatic carbocycles. The van der Waals surface area contributed by atoms with Crippen molar-refractivity contribution >= 4 is 17.6 Å². The SMILES string of the molecule is Cc1oc(-c2ccc(F)cc2)nc1CSc1nc(N)c(C#N)c(-c2ccc(OCCO)c(F)c2)c1C#N. The molecular weight excluding hydrogens is 500 g/mol. The number of nitrogen functional groups attached to an aromatic ring is 1. The first kappa shape index (κ1) is 25.6. The maximum Gasteiger partial charge on any atom is 0.226 e. The summed E-state index contributed by atoms with van der Waals surface area (Å²) in [4.78, 5) is 8.73. The van der Waals surface area contributed by atoms with E-state index in [1.54, 1.807) is 19.1 Å². The predicted molar refractivity (Wildman–Crippen MR) is 132 cm³/mol. The highest BCUT2D eigenvalue weighted by Crippen LogP contribution is 2.38. The molecule has 0 aliphatic heterocycles. The van der Waals surface area contributed by atoms with E-state index in [0.717, 1.165) is 17.8 Å². The zero-order valence-electron chi connectivity index (χ0n) is 19.5. The van der Waals surface area contributed by atoms with Crippen molar-refractivity contribution in [3.8, 4) is 40.5 Å². The number of aromatic nitrogens is 2. The molecule has 0 amide bonds. The average Bonchev–Trinajstić information content (AvgIpc) is 3.26. The van der Waals surface area contributed by atoms with Crippen molar-refractivity contribution in [1.82, 2.24) is 9.97 Å². The molecule has 186 valence electrons. The van der Waals surface area contributed by atoms with Gasteiger partial charge in [0.1, 0.15) is 46.7 Å². The van der Waals surface area contributed by atoms with Crippen LogP contribution in [0.5, 0.6) is 5.75 Å². The van der Waals surface area contributed by atoms with Gasteiger partial charge in [-0.15, -0.1) is 0 Å². The third-order valence-electron chi connectivity index (χ3n) is 5.31. The standard InChI is InChI=1S/C26H19F2N5O3S/c1-14-21(32-25(36-14)15-2-5-17(27)6-3-15)13-37-26-19(12-30)23(18(11-29)24(31)33-26)16-4-7-22(20(28)10-16)35-9-8-34/h2-7,10,34H,8-9,13H2,1H3,(H2,31,33). The van der Waals surface area contributed by atoms with E-state index >= 15 is 0 Å². The number of halogens is 2. The number of ether oxygens (including phenoxy) is 1. The van der Waals surface area contributed by atoms with Crippen LogP contribution >= 0.6 is 11.8 Å². The molecule has 8 nitrogen and oxygen atoms in total. The lowest BCUT2D eigenvalue weighted by Gasteiger charge is -2.14. The Labute approximate surface area is 215 Å². The summed E-state index contributed by atoms with van der Waals surface area (Å²) in [5.41, 5.74) is 7.63. The first-order chi connectivity index (χ1) is 17.9. The molecule has 0 spiro atoms. The zero-order valence-corrected chi connectivity index (χ0v) is 20.3. The Hall–Kier alpha value is -4.45. The molecule has 2 heterocycles. The van der Waals surface area contributed by atoms with Crippen LogP contribution in [-0.4, -0.2) is 28.3 Å². The summed E-state index contributed by atoms with van der Waals surface area (Å²) in [6.07, 6.45) is 0. The van der Waals surface area contributed by atoms with E-state index < -0.39 is 5.82 Å². The van der Waals surface area contributed by atoms with Crippen molar-refractivity contribution in [2.24, 2.45) is 0 Å². The number of benzene rings is 2. The van der Waals surface area contributed by atoms with Gasteiger partial charge >= 0.3 is 0 Å². The second-order valence-corrected chi connectivity index (χ2v) is 8.65. The fourth-order valence-electron chi connectivity index (χ4n) is 3.53. The third-order valence-corrected chi connectivity index (χ3v) is 6.30. The smallest absolute Gasteiger partial charge is 0.226 e. The van der Waals surface area contributed by atoms with Crippen LogP contribution in [0.4, 0.5) is 14.6 Å². The van der Waals surface area contributed by atoms with Crippen LogP contribution < -0.4 is 10.5 Å². The zero-order chi connectivity index (χ0) is 26.5.